The van der Waals surface area contributed by atoms with E-state index in [1.165, 1.54) is 6.07 Å². The lowest BCUT2D eigenvalue weighted by molar-refractivity contribution is 0.488. The molecule has 0 aliphatic carbocycles. The summed E-state index contributed by atoms with van der Waals surface area (Å²) in [6, 6.07) is 7.10. The molecule has 0 saturated carbocycles. The van der Waals surface area contributed by atoms with Crippen LogP contribution in [0.25, 0.3) is 10.9 Å². The van der Waals surface area contributed by atoms with Crippen LogP contribution in [0.4, 0.5) is 10.1 Å². The summed E-state index contributed by atoms with van der Waals surface area (Å²) in [4.78, 5) is 15.0. The summed E-state index contributed by atoms with van der Waals surface area (Å²) >= 11 is 1.55. The molecule has 3 nitrogen and oxygen atoms in total. The van der Waals surface area contributed by atoms with Gasteiger partial charge in [0.25, 0.3) is 0 Å². The van der Waals surface area contributed by atoms with Gasteiger partial charge in [0.2, 0.25) is 5.56 Å². The van der Waals surface area contributed by atoms with Crippen LogP contribution in [0, 0.1) is 0 Å². The van der Waals surface area contributed by atoms with E-state index in [1.54, 1.807) is 17.8 Å². The van der Waals surface area contributed by atoms with Gasteiger partial charge in [-0.15, -0.1) is 11.8 Å². The Morgan fingerprint density at radius 2 is 2.24 bits per heavy atom. The third-order valence-corrected chi connectivity index (χ3v) is 4.06. The van der Waals surface area contributed by atoms with E-state index in [9.17, 15) is 9.18 Å². The Labute approximate surface area is 101 Å². The van der Waals surface area contributed by atoms with Gasteiger partial charge in [-0.1, -0.05) is 0 Å². The molecule has 0 saturated heterocycles. The zero-order valence-corrected chi connectivity index (χ0v) is 9.81. The van der Waals surface area contributed by atoms with E-state index < -0.39 is 0 Å². The molecule has 5 heteroatoms. The molecule has 88 valence electrons. The average molecular weight is 250 g/mol. The number of nitrogens with one attached hydrogen (secondary N) is 2. The maximum absolute atomic E-state index is 12.6. The van der Waals surface area contributed by atoms with E-state index in [0.29, 0.717) is 6.54 Å². The number of aromatic amines is 1. The minimum Gasteiger partial charge on any atom is -0.382 e. The van der Waals surface area contributed by atoms with Crippen LogP contribution in [-0.4, -0.2) is 23.5 Å². The van der Waals surface area contributed by atoms with Crippen LogP contribution in [0.1, 0.15) is 0 Å². The van der Waals surface area contributed by atoms with Crippen LogP contribution in [0.3, 0.4) is 0 Å². The third-order valence-electron chi connectivity index (χ3n) is 2.84. The van der Waals surface area contributed by atoms with Gasteiger partial charge in [0.05, 0.1) is 16.5 Å². The van der Waals surface area contributed by atoms with E-state index in [0.717, 1.165) is 21.5 Å². The van der Waals surface area contributed by atoms with Crippen LogP contribution in [0.15, 0.2) is 34.0 Å². The summed E-state index contributed by atoms with van der Waals surface area (Å²) < 4.78 is 12.6. The molecule has 17 heavy (non-hydrogen) atoms. The number of pyridine rings is 1. The Bertz CT molecular complexity index is 625. The first-order valence-corrected chi connectivity index (χ1v) is 6.28. The molecule has 0 spiro atoms. The van der Waals surface area contributed by atoms with Crippen LogP contribution >= 0.6 is 11.8 Å². The molecule has 1 aliphatic heterocycles. The normalized spacial score (nSPS) is 18.8. The SMILES string of the molecule is O=c1ccc2c3c(ccc2[nH]1)SC(CF)CN3. The third kappa shape index (κ3) is 1.80. The van der Waals surface area contributed by atoms with Crippen molar-refractivity contribution in [2.75, 3.05) is 18.5 Å². The fourth-order valence-electron chi connectivity index (χ4n) is 2.02. The molecule has 2 N–H and O–H groups in total. The Kier molecular flexibility index (Phi) is 2.55. The molecule has 0 amide bonds. The van der Waals surface area contributed by atoms with Gasteiger partial charge in [0.1, 0.15) is 6.67 Å². The fourth-order valence-corrected chi connectivity index (χ4v) is 3.05. The molecule has 2 heterocycles. The van der Waals surface area contributed by atoms with Gasteiger partial charge < -0.3 is 10.3 Å². The van der Waals surface area contributed by atoms with E-state index >= 15 is 0 Å². The summed E-state index contributed by atoms with van der Waals surface area (Å²) in [5.74, 6) is 0. The standard InChI is InChI=1S/C12H11FN2OS/c13-5-7-6-14-12-8-1-4-11(16)15-9(8)2-3-10(12)17-7/h1-4,7,14H,5-6H2,(H,15,16). The average Bonchev–Trinajstić information content (AvgIpc) is 2.37. The largest absolute Gasteiger partial charge is 0.382 e. The quantitative estimate of drug-likeness (QED) is 0.816. The van der Waals surface area contributed by atoms with Crippen molar-refractivity contribution in [1.82, 2.24) is 4.98 Å². The molecule has 1 aliphatic rings. The number of anilines is 1. The van der Waals surface area contributed by atoms with Gasteiger partial charge in [-0.2, -0.15) is 0 Å². The number of hydrogen-bond donors (Lipinski definition) is 2. The zero-order chi connectivity index (χ0) is 11.8. The predicted molar refractivity (Wildman–Crippen MR) is 68.7 cm³/mol. The van der Waals surface area contributed by atoms with Gasteiger partial charge in [0.15, 0.2) is 0 Å². The summed E-state index contributed by atoms with van der Waals surface area (Å²) in [6.07, 6.45) is 0. The van der Waals surface area contributed by atoms with Crippen molar-refractivity contribution in [2.24, 2.45) is 0 Å². The highest BCUT2D eigenvalue weighted by Crippen LogP contribution is 2.38. The number of halogens is 1. The number of alkyl halides is 1. The minimum absolute atomic E-state index is 0.0253. The van der Waals surface area contributed by atoms with Gasteiger partial charge >= 0.3 is 0 Å². The van der Waals surface area contributed by atoms with E-state index in [-0.39, 0.29) is 17.5 Å². The van der Waals surface area contributed by atoms with Gasteiger partial charge in [0, 0.05) is 22.9 Å². The first-order chi connectivity index (χ1) is 8.28. The van der Waals surface area contributed by atoms with E-state index in [1.807, 2.05) is 12.1 Å². The van der Waals surface area contributed by atoms with Gasteiger partial charge in [-0.05, 0) is 18.2 Å². The molecule has 2 aromatic rings. The highest BCUT2D eigenvalue weighted by molar-refractivity contribution is 8.00. The van der Waals surface area contributed by atoms with Crippen molar-refractivity contribution in [3.8, 4) is 0 Å². The number of hydrogen-bond acceptors (Lipinski definition) is 3. The lowest BCUT2D eigenvalue weighted by atomic mass is 10.1. The maximum atomic E-state index is 12.6. The topological polar surface area (TPSA) is 44.9 Å². The molecule has 0 bridgehead atoms. The second-order valence-electron chi connectivity index (χ2n) is 4.00. The molecule has 3 rings (SSSR count). The van der Waals surface area contributed by atoms with Gasteiger partial charge in [-0.25, -0.2) is 4.39 Å². The maximum Gasteiger partial charge on any atom is 0.248 e. The summed E-state index contributed by atoms with van der Waals surface area (Å²) in [5.41, 5.74) is 1.69. The second-order valence-corrected chi connectivity index (χ2v) is 5.34. The first-order valence-electron chi connectivity index (χ1n) is 5.40. The first kappa shape index (κ1) is 10.7. The zero-order valence-electron chi connectivity index (χ0n) is 9.00. The van der Waals surface area contributed by atoms with Crippen molar-refractivity contribution in [3.63, 3.8) is 0 Å². The number of aromatic nitrogens is 1. The molecule has 1 aromatic carbocycles. The summed E-state index contributed by atoms with van der Waals surface area (Å²) in [5, 5.41) is 4.20. The summed E-state index contributed by atoms with van der Waals surface area (Å²) in [7, 11) is 0. The molecule has 0 fully saturated rings. The molecule has 1 atom stereocenters. The number of rotatable bonds is 1. The Morgan fingerprint density at radius 1 is 1.35 bits per heavy atom. The second kappa shape index (κ2) is 4.07. The Balaban J connectivity index is 2.17. The Hall–Kier alpha value is -1.49. The summed E-state index contributed by atoms with van der Waals surface area (Å²) in [6.45, 7) is 0.285. The highest BCUT2D eigenvalue weighted by atomic mass is 32.2. The number of thioether (sulfide) groups is 1. The molecular formula is C12H11FN2OS. The van der Waals surface area contributed by atoms with Crippen molar-refractivity contribution >= 4 is 28.4 Å². The van der Waals surface area contributed by atoms with Crippen LogP contribution < -0.4 is 10.9 Å². The van der Waals surface area contributed by atoms with E-state index in [4.69, 9.17) is 0 Å². The molecule has 1 aromatic heterocycles. The van der Waals surface area contributed by atoms with Crippen LogP contribution in [-0.2, 0) is 0 Å². The van der Waals surface area contributed by atoms with Crippen molar-refractivity contribution in [3.05, 3.63) is 34.6 Å². The molecule has 0 radical (unpaired) electrons. The molecular weight excluding hydrogens is 239 g/mol. The lowest BCUT2D eigenvalue weighted by Gasteiger charge is -2.24. The van der Waals surface area contributed by atoms with Crippen LogP contribution in [0.2, 0.25) is 0 Å². The number of benzene rings is 1. The predicted octanol–water partition coefficient (Wildman–Crippen LogP) is 2.38. The lowest BCUT2D eigenvalue weighted by Crippen LogP contribution is -2.23. The minimum atomic E-state index is -0.333. The smallest absolute Gasteiger partial charge is 0.248 e. The van der Waals surface area contributed by atoms with Crippen molar-refractivity contribution < 1.29 is 4.39 Å². The van der Waals surface area contributed by atoms with Crippen LogP contribution in [0.5, 0.6) is 0 Å². The number of fused-ring (bicyclic) bond motifs is 3. The van der Waals surface area contributed by atoms with E-state index in [2.05, 4.69) is 10.3 Å². The monoisotopic (exact) mass is 250 g/mol. The van der Waals surface area contributed by atoms with Gasteiger partial charge in [-0.3, -0.25) is 4.79 Å². The number of H-pyrrole nitrogens is 1. The van der Waals surface area contributed by atoms with Crippen molar-refractivity contribution in [1.29, 1.82) is 0 Å². The van der Waals surface area contributed by atoms with Crippen molar-refractivity contribution in [2.45, 2.75) is 10.1 Å². The Morgan fingerprint density at radius 3 is 3.06 bits per heavy atom. The fraction of sp³-hybridized carbons (Fsp3) is 0.250. The molecule has 1 unspecified atom stereocenters. The highest BCUT2D eigenvalue weighted by Gasteiger charge is 2.20.